The zero-order valence-electron chi connectivity index (χ0n) is 7.19. The predicted octanol–water partition coefficient (Wildman–Crippen LogP) is -0.0675. The highest BCUT2D eigenvalue weighted by molar-refractivity contribution is 5.02. The quantitative estimate of drug-likeness (QED) is 0.672. The van der Waals surface area contributed by atoms with E-state index >= 15 is 0 Å². The Morgan fingerprint density at radius 2 is 2.42 bits per heavy atom. The number of aromatic nitrogens is 2. The SMILES string of the molecule is Cc1cnn(CC(C)O)c(=O)c1. The van der Waals surface area contributed by atoms with Crippen molar-refractivity contribution in [2.75, 3.05) is 0 Å². The molecule has 1 rings (SSSR count). The minimum absolute atomic E-state index is 0.170. The molecule has 66 valence electrons. The van der Waals surface area contributed by atoms with Gasteiger partial charge in [-0.1, -0.05) is 0 Å². The average molecular weight is 168 g/mol. The van der Waals surface area contributed by atoms with Crippen LogP contribution in [-0.2, 0) is 6.54 Å². The Morgan fingerprint density at radius 3 is 2.92 bits per heavy atom. The van der Waals surface area contributed by atoms with E-state index < -0.39 is 6.10 Å². The molecule has 0 aliphatic carbocycles. The third-order valence-corrected chi connectivity index (χ3v) is 1.44. The van der Waals surface area contributed by atoms with Gasteiger partial charge in [-0.2, -0.15) is 5.10 Å². The van der Waals surface area contributed by atoms with E-state index in [1.165, 1.54) is 10.7 Å². The standard InChI is InChI=1S/C8H12N2O2/c1-6-3-8(12)10(9-4-6)5-7(2)11/h3-4,7,11H,5H2,1-2H3. The molecular formula is C8H12N2O2. The van der Waals surface area contributed by atoms with Crippen molar-refractivity contribution >= 4 is 0 Å². The monoisotopic (exact) mass is 168 g/mol. The van der Waals surface area contributed by atoms with Crippen LogP contribution in [0.1, 0.15) is 12.5 Å². The van der Waals surface area contributed by atoms with Gasteiger partial charge in [-0.25, -0.2) is 4.68 Å². The van der Waals surface area contributed by atoms with E-state index in [0.29, 0.717) is 0 Å². The summed E-state index contributed by atoms with van der Waals surface area (Å²) in [5.74, 6) is 0. The Bertz CT molecular complexity index is 317. The molecule has 1 aromatic rings. The summed E-state index contributed by atoms with van der Waals surface area (Å²) in [7, 11) is 0. The first-order chi connectivity index (χ1) is 5.59. The molecular weight excluding hydrogens is 156 g/mol. The molecule has 1 aromatic heterocycles. The van der Waals surface area contributed by atoms with E-state index in [0.717, 1.165) is 5.56 Å². The molecule has 0 amide bonds. The van der Waals surface area contributed by atoms with Crippen molar-refractivity contribution in [3.63, 3.8) is 0 Å². The summed E-state index contributed by atoms with van der Waals surface area (Å²) in [6.45, 7) is 3.67. The van der Waals surface area contributed by atoms with Crippen LogP contribution in [0.5, 0.6) is 0 Å². The molecule has 0 radical (unpaired) electrons. The zero-order valence-corrected chi connectivity index (χ0v) is 7.19. The van der Waals surface area contributed by atoms with Gasteiger partial charge in [-0.15, -0.1) is 0 Å². The minimum atomic E-state index is -0.544. The van der Waals surface area contributed by atoms with Crippen molar-refractivity contribution in [3.8, 4) is 0 Å². The molecule has 0 saturated carbocycles. The molecule has 0 aromatic carbocycles. The number of rotatable bonds is 2. The lowest BCUT2D eigenvalue weighted by atomic mass is 10.3. The first-order valence-corrected chi connectivity index (χ1v) is 3.81. The van der Waals surface area contributed by atoms with Crippen LogP contribution in [0.25, 0.3) is 0 Å². The second-order valence-electron chi connectivity index (χ2n) is 2.90. The predicted molar refractivity (Wildman–Crippen MR) is 44.9 cm³/mol. The molecule has 1 unspecified atom stereocenters. The molecule has 4 nitrogen and oxygen atoms in total. The van der Waals surface area contributed by atoms with Gasteiger partial charge < -0.3 is 5.11 Å². The van der Waals surface area contributed by atoms with Gasteiger partial charge in [-0.05, 0) is 19.4 Å². The second-order valence-corrected chi connectivity index (χ2v) is 2.90. The highest BCUT2D eigenvalue weighted by atomic mass is 16.3. The minimum Gasteiger partial charge on any atom is -0.391 e. The van der Waals surface area contributed by atoms with Crippen LogP contribution in [0.15, 0.2) is 17.1 Å². The zero-order chi connectivity index (χ0) is 9.14. The first-order valence-electron chi connectivity index (χ1n) is 3.81. The lowest BCUT2D eigenvalue weighted by Gasteiger charge is -2.05. The Hall–Kier alpha value is -1.16. The van der Waals surface area contributed by atoms with Gasteiger partial charge in [0.15, 0.2) is 0 Å². The number of hydrogen-bond donors (Lipinski definition) is 1. The van der Waals surface area contributed by atoms with E-state index in [1.54, 1.807) is 20.0 Å². The van der Waals surface area contributed by atoms with Crippen LogP contribution in [-0.4, -0.2) is 21.0 Å². The maximum atomic E-state index is 11.2. The van der Waals surface area contributed by atoms with Gasteiger partial charge in [-0.3, -0.25) is 4.79 Å². The Labute approximate surface area is 70.5 Å². The van der Waals surface area contributed by atoms with Crippen molar-refractivity contribution in [1.29, 1.82) is 0 Å². The van der Waals surface area contributed by atoms with E-state index in [-0.39, 0.29) is 12.1 Å². The number of aryl methyl sites for hydroxylation is 1. The first kappa shape index (κ1) is 8.93. The number of hydrogen-bond acceptors (Lipinski definition) is 3. The molecule has 4 heteroatoms. The number of nitrogens with zero attached hydrogens (tertiary/aromatic N) is 2. The number of aliphatic hydroxyl groups is 1. The lowest BCUT2D eigenvalue weighted by molar-refractivity contribution is 0.166. The van der Waals surface area contributed by atoms with Crippen LogP contribution in [0.2, 0.25) is 0 Å². The third kappa shape index (κ3) is 2.17. The summed E-state index contributed by atoms with van der Waals surface area (Å²) < 4.78 is 1.25. The van der Waals surface area contributed by atoms with Crippen molar-refractivity contribution in [3.05, 3.63) is 28.2 Å². The van der Waals surface area contributed by atoms with Crippen molar-refractivity contribution in [2.24, 2.45) is 0 Å². The summed E-state index contributed by atoms with van der Waals surface area (Å²) >= 11 is 0. The third-order valence-electron chi connectivity index (χ3n) is 1.44. The molecule has 1 N–H and O–H groups in total. The fraction of sp³-hybridized carbons (Fsp3) is 0.500. The highest BCUT2D eigenvalue weighted by Gasteiger charge is 2.00. The van der Waals surface area contributed by atoms with Crippen LogP contribution >= 0.6 is 0 Å². The van der Waals surface area contributed by atoms with Gasteiger partial charge in [0.25, 0.3) is 5.56 Å². The fourth-order valence-corrected chi connectivity index (χ4v) is 0.912. The smallest absolute Gasteiger partial charge is 0.267 e. The van der Waals surface area contributed by atoms with Gasteiger partial charge >= 0.3 is 0 Å². The maximum absolute atomic E-state index is 11.2. The van der Waals surface area contributed by atoms with Crippen LogP contribution < -0.4 is 5.56 Å². The van der Waals surface area contributed by atoms with Gasteiger partial charge in [0.05, 0.1) is 18.8 Å². The van der Waals surface area contributed by atoms with E-state index in [2.05, 4.69) is 5.10 Å². The molecule has 0 fully saturated rings. The molecule has 12 heavy (non-hydrogen) atoms. The Balaban J connectivity index is 2.94. The molecule has 0 aliphatic rings. The van der Waals surface area contributed by atoms with Crippen molar-refractivity contribution in [2.45, 2.75) is 26.5 Å². The van der Waals surface area contributed by atoms with Gasteiger partial charge in [0.2, 0.25) is 0 Å². The van der Waals surface area contributed by atoms with Gasteiger partial charge in [0.1, 0.15) is 0 Å². The normalized spacial score (nSPS) is 12.9. The highest BCUT2D eigenvalue weighted by Crippen LogP contribution is 1.88. The number of aliphatic hydroxyl groups excluding tert-OH is 1. The molecule has 0 spiro atoms. The Morgan fingerprint density at radius 1 is 1.75 bits per heavy atom. The molecule has 0 saturated heterocycles. The van der Waals surface area contributed by atoms with Crippen molar-refractivity contribution in [1.82, 2.24) is 9.78 Å². The van der Waals surface area contributed by atoms with E-state index in [4.69, 9.17) is 5.11 Å². The second kappa shape index (κ2) is 3.49. The van der Waals surface area contributed by atoms with Crippen LogP contribution in [0, 0.1) is 6.92 Å². The van der Waals surface area contributed by atoms with Crippen molar-refractivity contribution < 1.29 is 5.11 Å². The summed E-state index contributed by atoms with van der Waals surface area (Å²) in [6, 6.07) is 1.50. The van der Waals surface area contributed by atoms with Crippen LogP contribution in [0.4, 0.5) is 0 Å². The Kier molecular flexibility index (Phi) is 2.60. The average Bonchev–Trinajstić information content (AvgIpc) is 1.94. The maximum Gasteiger partial charge on any atom is 0.267 e. The largest absolute Gasteiger partial charge is 0.391 e. The summed E-state index contributed by atoms with van der Waals surface area (Å²) in [4.78, 5) is 11.2. The van der Waals surface area contributed by atoms with Gasteiger partial charge in [0, 0.05) is 6.07 Å². The summed E-state index contributed by atoms with van der Waals surface area (Å²) in [5, 5.41) is 12.9. The molecule has 0 aliphatic heterocycles. The van der Waals surface area contributed by atoms with E-state index in [9.17, 15) is 4.79 Å². The molecule has 0 bridgehead atoms. The summed E-state index contributed by atoms with van der Waals surface area (Å²) in [5.41, 5.74) is 0.665. The lowest BCUT2D eigenvalue weighted by Crippen LogP contribution is -2.26. The van der Waals surface area contributed by atoms with E-state index in [1.807, 2.05) is 0 Å². The fourth-order valence-electron chi connectivity index (χ4n) is 0.912. The molecule has 1 atom stereocenters. The summed E-state index contributed by atoms with van der Waals surface area (Å²) in [6.07, 6.45) is 1.06. The topological polar surface area (TPSA) is 55.1 Å². The van der Waals surface area contributed by atoms with Crippen LogP contribution in [0.3, 0.4) is 0 Å². The molecule has 1 heterocycles.